The maximum Gasteiger partial charge on any atom is 0.305 e. The summed E-state index contributed by atoms with van der Waals surface area (Å²) >= 11 is 0. The smallest absolute Gasteiger partial charge is 0.305 e. The van der Waals surface area contributed by atoms with E-state index in [4.69, 9.17) is 5.11 Å². The molecule has 0 aromatic heterocycles. The highest BCUT2D eigenvalue weighted by atomic mass is 16.4. The Bertz CT molecular complexity index is 479. The number of carboxylic acids is 1. The standard InChI is InChI=1S/C14H17NO4/c1-3-12(16)10-4-6-11(7-5-10)14(19)15(2)9-8-13(17)18/h4-7H,3,8-9H2,1-2H3,(H,17,18). The first kappa shape index (κ1) is 14.9. The minimum Gasteiger partial charge on any atom is -0.481 e. The van der Waals surface area contributed by atoms with Crippen molar-refractivity contribution in [3.8, 4) is 0 Å². The zero-order valence-electron chi connectivity index (χ0n) is 11.0. The van der Waals surface area contributed by atoms with Crippen molar-refractivity contribution in [2.45, 2.75) is 19.8 Å². The molecule has 0 aliphatic carbocycles. The number of ketones is 1. The van der Waals surface area contributed by atoms with Crippen LogP contribution in [-0.2, 0) is 4.79 Å². The molecule has 1 rings (SSSR count). The predicted octanol–water partition coefficient (Wildman–Crippen LogP) is 1.83. The van der Waals surface area contributed by atoms with Gasteiger partial charge in [-0.25, -0.2) is 0 Å². The lowest BCUT2D eigenvalue weighted by Crippen LogP contribution is -2.29. The number of hydrogen-bond acceptors (Lipinski definition) is 3. The molecule has 0 unspecified atom stereocenters. The van der Waals surface area contributed by atoms with Crippen LogP contribution in [0.4, 0.5) is 0 Å². The number of amides is 1. The first-order chi connectivity index (χ1) is 8.95. The summed E-state index contributed by atoms with van der Waals surface area (Å²) in [5, 5.41) is 8.56. The van der Waals surface area contributed by atoms with Gasteiger partial charge in [-0.2, -0.15) is 0 Å². The molecule has 5 nitrogen and oxygen atoms in total. The lowest BCUT2D eigenvalue weighted by molar-refractivity contribution is -0.137. The van der Waals surface area contributed by atoms with Crippen LogP contribution in [0.25, 0.3) is 0 Å². The summed E-state index contributed by atoms with van der Waals surface area (Å²) in [7, 11) is 1.55. The SMILES string of the molecule is CCC(=O)c1ccc(C(=O)N(C)CCC(=O)O)cc1. The van der Waals surface area contributed by atoms with Crippen molar-refractivity contribution in [3.05, 3.63) is 35.4 Å². The first-order valence-corrected chi connectivity index (χ1v) is 6.06. The molecule has 0 aliphatic rings. The van der Waals surface area contributed by atoms with Crippen molar-refractivity contribution in [2.75, 3.05) is 13.6 Å². The molecule has 0 heterocycles. The van der Waals surface area contributed by atoms with E-state index in [0.717, 1.165) is 0 Å². The lowest BCUT2D eigenvalue weighted by atomic mass is 10.1. The van der Waals surface area contributed by atoms with Gasteiger partial charge >= 0.3 is 5.97 Å². The Kier molecular flexibility index (Phi) is 5.23. The first-order valence-electron chi connectivity index (χ1n) is 6.06. The molecule has 1 amide bonds. The van der Waals surface area contributed by atoms with Gasteiger partial charge in [0, 0.05) is 31.1 Å². The number of rotatable bonds is 6. The average Bonchev–Trinajstić information content (AvgIpc) is 2.43. The Hall–Kier alpha value is -2.17. The summed E-state index contributed by atoms with van der Waals surface area (Å²) < 4.78 is 0. The van der Waals surface area contributed by atoms with Crippen LogP contribution >= 0.6 is 0 Å². The number of benzene rings is 1. The number of Topliss-reactive ketones (excluding diaryl/α,β-unsaturated/α-hetero) is 1. The van der Waals surface area contributed by atoms with Gasteiger partial charge in [0.2, 0.25) is 0 Å². The Morgan fingerprint density at radius 1 is 1.11 bits per heavy atom. The average molecular weight is 263 g/mol. The molecule has 0 bridgehead atoms. The van der Waals surface area contributed by atoms with E-state index in [1.807, 2.05) is 0 Å². The van der Waals surface area contributed by atoms with Crippen LogP contribution in [0.1, 0.15) is 40.5 Å². The van der Waals surface area contributed by atoms with Gasteiger partial charge in [0.25, 0.3) is 5.91 Å². The highest BCUT2D eigenvalue weighted by Crippen LogP contribution is 2.09. The van der Waals surface area contributed by atoms with Crippen molar-refractivity contribution >= 4 is 17.7 Å². The van der Waals surface area contributed by atoms with Gasteiger partial charge in [0.15, 0.2) is 5.78 Å². The number of hydrogen-bond donors (Lipinski definition) is 1. The van der Waals surface area contributed by atoms with Gasteiger partial charge in [-0.05, 0) is 12.1 Å². The Balaban J connectivity index is 2.72. The van der Waals surface area contributed by atoms with Crippen molar-refractivity contribution in [2.24, 2.45) is 0 Å². The van der Waals surface area contributed by atoms with Crippen molar-refractivity contribution in [1.82, 2.24) is 4.90 Å². The molecule has 0 radical (unpaired) electrons. The van der Waals surface area contributed by atoms with Crippen molar-refractivity contribution < 1.29 is 19.5 Å². The van der Waals surface area contributed by atoms with E-state index in [1.54, 1.807) is 38.2 Å². The summed E-state index contributed by atoms with van der Waals surface area (Å²) in [6.45, 7) is 1.94. The molecule has 0 atom stereocenters. The summed E-state index contributed by atoms with van der Waals surface area (Å²) in [6, 6.07) is 6.40. The van der Waals surface area contributed by atoms with E-state index in [9.17, 15) is 14.4 Å². The molecule has 0 saturated heterocycles. The van der Waals surface area contributed by atoms with Crippen LogP contribution < -0.4 is 0 Å². The molecular weight excluding hydrogens is 246 g/mol. The molecular formula is C14H17NO4. The molecule has 1 aromatic rings. The highest BCUT2D eigenvalue weighted by Gasteiger charge is 2.13. The van der Waals surface area contributed by atoms with Crippen LogP contribution in [0.2, 0.25) is 0 Å². The summed E-state index contributed by atoms with van der Waals surface area (Å²) in [5.74, 6) is -1.17. The number of carbonyl (C=O) groups excluding carboxylic acids is 2. The Labute approximate surface area is 111 Å². The maximum absolute atomic E-state index is 12.0. The summed E-state index contributed by atoms with van der Waals surface area (Å²) in [4.78, 5) is 35.2. The van der Waals surface area contributed by atoms with Crippen LogP contribution in [0.5, 0.6) is 0 Å². The van der Waals surface area contributed by atoms with Crippen LogP contribution in [0, 0.1) is 0 Å². The zero-order valence-corrected chi connectivity index (χ0v) is 11.0. The fraction of sp³-hybridized carbons (Fsp3) is 0.357. The predicted molar refractivity (Wildman–Crippen MR) is 70.3 cm³/mol. The molecule has 0 aliphatic heterocycles. The lowest BCUT2D eigenvalue weighted by Gasteiger charge is -2.16. The molecule has 0 saturated carbocycles. The fourth-order valence-corrected chi connectivity index (χ4v) is 1.59. The number of carbonyl (C=O) groups is 3. The fourth-order valence-electron chi connectivity index (χ4n) is 1.59. The second-order valence-electron chi connectivity index (χ2n) is 4.22. The van der Waals surface area contributed by atoms with E-state index in [-0.39, 0.29) is 24.7 Å². The summed E-state index contributed by atoms with van der Waals surface area (Å²) in [5.41, 5.74) is 1.02. The van der Waals surface area contributed by atoms with Crippen LogP contribution in [0.3, 0.4) is 0 Å². The largest absolute Gasteiger partial charge is 0.481 e. The molecule has 19 heavy (non-hydrogen) atoms. The van der Waals surface area contributed by atoms with E-state index in [1.165, 1.54) is 4.90 Å². The second kappa shape index (κ2) is 6.68. The van der Waals surface area contributed by atoms with Gasteiger partial charge in [-0.15, -0.1) is 0 Å². The van der Waals surface area contributed by atoms with Crippen LogP contribution in [0.15, 0.2) is 24.3 Å². The number of nitrogens with zero attached hydrogens (tertiary/aromatic N) is 1. The zero-order chi connectivity index (χ0) is 14.4. The number of carboxylic acid groups (broad SMARTS) is 1. The maximum atomic E-state index is 12.0. The Morgan fingerprint density at radius 2 is 1.63 bits per heavy atom. The number of aliphatic carboxylic acids is 1. The van der Waals surface area contributed by atoms with Gasteiger partial charge in [-0.1, -0.05) is 19.1 Å². The molecule has 0 spiro atoms. The van der Waals surface area contributed by atoms with Crippen molar-refractivity contribution in [3.63, 3.8) is 0 Å². The second-order valence-corrected chi connectivity index (χ2v) is 4.22. The highest BCUT2D eigenvalue weighted by molar-refractivity contribution is 5.98. The van der Waals surface area contributed by atoms with E-state index < -0.39 is 5.97 Å². The molecule has 102 valence electrons. The minimum absolute atomic E-state index is 0.0261. The van der Waals surface area contributed by atoms with E-state index in [2.05, 4.69) is 0 Å². The minimum atomic E-state index is -0.941. The molecule has 1 aromatic carbocycles. The molecule has 0 fully saturated rings. The monoisotopic (exact) mass is 263 g/mol. The topological polar surface area (TPSA) is 74.7 Å². The van der Waals surface area contributed by atoms with Gasteiger partial charge in [0.1, 0.15) is 0 Å². The third-order valence-electron chi connectivity index (χ3n) is 2.78. The Morgan fingerprint density at radius 3 is 2.11 bits per heavy atom. The molecule has 1 N–H and O–H groups in total. The van der Waals surface area contributed by atoms with Gasteiger partial charge < -0.3 is 10.0 Å². The third-order valence-corrected chi connectivity index (χ3v) is 2.78. The molecule has 5 heteroatoms. The van der Waals surface area contributed by atoms with Crippen molar-refractivity contribution in [1.29, 1.82) is 0 Å². The van der Waals surface area contributed by atoms with Crippen LogP contribution in [-0.4, -0.2) is 41.3 Å². The quantitative estimate of drug-likeness (QED) is 0.794. The normalized spacial score (nSPS) is 10.0. The summed E-state index contributed by atoms with van der Waals surface area (Å²) in [6.07, 6.45) is 0.334. The van der Waals surface area contributed by atoms with Gasteiger partial charge in [-0.3, -0.25) is 14.4 Å². The van der Waals surface area contributed by atoms with Gasteiger partial charge in [0.05, 0.1) is 6.42 Å². The third kappa shape index (κ3) is 4.21. The van der Waals surface area contributed by atoms with E-state index >= 15 is 0 Å². The van der Waals surface area contributed by atoms with E-state index in [0.29, 0.717) is 17.5 Å².